The van der Waals surface area contributed by atoms with Gasteiger partial charge < -0.3 is 15.2 Å². The van der Waals surface area contributed by atoms with Gasteiger partial charge in [0.05, 0.1) is 13.2 Å². The van der Waals surface area contributed by atoms with E-state index >= 15 is 0 Å². The van der Waals surface area contributed by atoms with Crippen LogP contribution in [0.25, 0.3) is 0 Å². The third kappa shape index (κ3) is 3.66. The second-order valence-electron chi connectivity index (χ2n) is 4.26. The van der Waals surface area contributed by atoms with E-state index in [9.17, 15) is 4.39 Å². The second kappa shape index (κ2) is 6.68. The molecule has 2 N–H and O–H groups in total. The van der Waals surface area contributed by atoms with Crippen molar-refractivity contribution in [1.29, 1.82) is 0 Å². The Morgan fingerprint density at radius 3 is 2.78 bits per heavy atom. The van der Waals surface area contributed by atoms with E-state index in [0.29, 0.717) is 17.9 Å². The lowest BCUT2D eigenvalue weighted by Crippen LogP contribution is -2.38. The van der Waals surface area contributed by atoms with Crippen molar-refractivity contribution in [3.05, 3.63) is 29.6 Å². The van der Waals surface area contributed by atoms with Gasteiger partial charge in [0.2, 0.25) is 0 Å². The minimum absolute atomic E-state index is 0.208. The molecule has 1 heterocycles. The van der Waals surface area contributed by atoms with Gasteiger partial charge in [-0.2, -0.15) is 0 Å². The van der Waals surface area contributed by atoms with E-state index in [2.05, 4.69) is 4.90 Å². The largest absolute Gasteiger partial charge is 0.492 e. The average Bonchev–Trinajstić information content (AvgIpc) is 2.40. The van der Waals surface area contributed by atoms with Crippen molar-refractivity contribution in [2.45, 2.75) is 6.54 Å². The topological polar surface area (TPSA) is 47.7 Å². The lowest BCUT2D eigenvalue weighted by Gasteiger charge is -2.26. The predicted octanol–water partition coefficient (Wildman–Crippen LogP) is 0.995. The van der Waals surface area contributed by atoms with Gasteiger partial charge in [0, 0.05) is 37.8 Å². The molecule has 1 aromatic carbocycles. The van der Waals surface area contributed by atoms with E-state index in [-0.39, 0.29) is 12.4 Å². The fraction of sp³-hybridized carbons (Fsp3) is 0.538. The molecule has 100 valence electrons. The van der Waals surface area contributed by atoms with Gasteiger partial charge in [-0.05, 0) is 6.07 Å². The smallest absolute Gasteiger partial charge is 0.131 e. The fourth-order valence-electron chi connectivity index (χ4n) is 1.90. The van der Waals surface area contributed by atoms with Gasteiger partial charge in [-0.1, -0.05) is 6.07 Å². The van der Waals surface area contributed by atoms with Crippen LogP contribution in [0, 0.1) is 5.82 Å². The molecular weight excluding hydrogens is 235 g/mol. The molecule has 0 amide bonds. The summed E-state index contributed by atoms with van der Waals surface area (Å²) in [6, 6.07) is 4.81. The Bertz CT molecular complexity index is 381. The van der Waals surface area contributed by atoms with Crippen molar-refractivity contribution in [2.24, 2.45) is 5.73 Å². The zero-order chi connectivity index (χ0) is 12.8. The van der Waals surface area contributed by atoms with Gasteiger partial charge in [0.25, 0.3) is 0 Å². The molecule has 0 bridgehead atoms. The number of halogens is 1. The predicted molar refractivity (Wildman–Crippen MR) is 67.0 cm³/mol. The number of ether oxygens (including phenoxy) is 2. The minimum Gasteiger partial charge on any atom is -0.492 e. The molecule has 0 aromatic heterocycles. The van der Waals surface area contributed by atoms with Gasteiger partial charge in [0.15, 0.2) is 0 Å². The van der Waals surface area contributed by atoms with Crippen LogP contribution >= 0.6 is 0 Å². The molecule has 4 nitrogen and oxygen atoms in total. The standard InChI is InChI=1S/C13H19FN2O2/c14-13-9-12(2-1-11(13)10-15)18-8-5-16-3-6-17-7-4-16/h1-2,9H,3-8,10,15H2. The van der Waals surface area contributed by atoms with Crippen LogP contribution in [0.4, 0.5) is 4.39 Å². The number of benzene rings is 1. The van der Waals surface area contributed by atoms with E-state index in [4.69, 9.17) is 15.2 Å². The quantitative estimate of drug-likeness (QED) is 0.851. The molecule has 1 aliphatic rings. The first kappa shape index (κ1) is 13.3. The van der Waals surface area contributed by atoms with Crippen molar-refractivity contribution in [1.82, 2.24) is 4.90 Å². The normalized spacial score (nSPS) is 16.8. The molecule has 0 radical (unpaired) electrons. The summed E-state index contributed by atoms with van der Waals surface area (Å²) in [5.74, 6) is 0.249. The molecular formula is C13H19FN2O2. The summed E-state index contributed by atoms with van der Waals surface area (Å²) in [5.41, 5.74) is 5.91. The molecule has 2 rings (SSSR count). The number of hydrogen-bond acceptors (Lipinski definition) is 4. The van der Waals surface area contributed by atoms with Crippen LogP contribution in [0.1, 0.15) is 5.56 Å². The van der Waals surface area contributed by atoms with Crippen LogP contribution in [0.2, 0.25) is 0 Å². The minimum atomic E-state index is -0.304. The number of nitrogens with two attached hydrogens (primary N) is 1. The van der Waals surface area contributed by atoms with Gasteiger partial charge in [-0.3, -0.25) is 4.90 Å². The third-order valence-electron chi connectivity index (χ3n) is 3.02. The molecule has 0 unspecified atom stereocenters. The van der Waals surface area contributed by atoms with E-state index < -0.39 is 0 Å². The Labute approximate surface area is 106 Å². The molecule has 18 heavy (non-hydrogen) atoms. The highest BCUT2D eigenvalue weighted by Gasteiger charge is 2.10. The molecule has 5 heteroatoms. The van der Waals surface area contributed by atoms with Gasteiger partial charge in [0.1, 0.15) is 18.2 Å². The first-order valence-corrected chi connectivity index (χ1v) is 6.21. The van der Waals surface area contributed by atoms with Crippen molar-refractivity contribution < 1.29 is 13.9 Å². The Morgan fingerprint density at radius 2 is 2.11 bits per heavy atom. The van der Waals surface area contributed by atoms with Crippen molar-refractivity contribution in [3.8, 4) is 5.75 Å². The Balaban J connectivity index is 1.77. The first-order valence-electron chi connectivity index (χ1n) is 6.21. The maximum atomic E-state index is 13.4. The molecule has 0 atom stereocenters. The SMILES string of the molecule is NCc1ccc(OCCN2CCOCC2)cc1F. The highest BCUT2D eigenvalue weighted by Crippen LogP contribution is 2.16. The summed E-state index contributed by atoms with van der Waals surface area (Å²) >= 11 is 0. The Hall–Kier alpha value is -1.17. The van der Waals surface area contributed by atoms with Gasteiger partial charge in [-0.15, -0.1) is 0 Å². The van der Waals surface area contributed by atoms with Crippen LogP contribution in [-0.4, -0.2) is 44.4 Å². The van der Waals surface area contributed by atoms with Crippen LogP contribution in [0.3, 0.4) is 0 Å². The van der Waals surface area contributed by atoms with Crippen LogP contribution < -0.4 is 10.5 Å². The van der Waals surface area contributed by atoms with E-state index in [1.165, 1.54) is 6.07 Å². The number of hydrogen-bond donors (Lipinski definition) is 1. The van der Waals surface area contributed by atoms with Crippen LogP contribution in [0.5, 0.6) is 5.75 Å². The molecule has 0 spiro atoms. The third-order valence-corrected chi connectivity index (χ3v) is 3.02. The summed E-state index contributed by atoms with van der Waals surface area (Å²) in [6.45, 7) is 5.03. The summed E-state index contributed by atoms with van der Waals surface area (Å²) < 4.78 is 24.2. The lowest BCUT2D eigenvalue weighted by molar-refractivity contribution is 0.0322. The molecule has 1 saturated heterocycles. The maximum Gasteiger partial charge on any atom is 0.131 e. The summed E-state index contributed by atoms with van der Waals surface area (Å²) in [6.07, 6.45) is 0. The highest BCUT2D eigenvalue weighted by molar-refractivity contribution is 5.28. The molecule has 0 aliphatic carbocycles. The second-order valence-corrected chi connectivity index (χ2v) is 4.26. The molecule has 0 saturated carbocycles. The summed E-state index contributed by atoms with van der Waals surface area (Å²) in [4.78, 5) is 2.27. The number of rotatable bonds is 5. The molecule has 1 aliphatic heterocycles. The zero-order valence-corrected chi connectivity index (χ0v) is 10.4. The molecule has 1 aromatic rings. The summed E-state index contributed by atoms with van der Waals surface area (Å²) in [5, 5.41) is 0. The van der Waals surface area contributed by atoms with Crippen molar-refractivity contribution in [3.63, 3.8) is 0 Å². The first-order chi connectivity index (χ1) is 8.79. The maximum absolute atomic E-state index is 13.4. The number of morpholine rings is 1. The van der Waals surface area contributed by atoms with Gasteiger partial charge >= 0.3 is 0 Å². The van der Waals surface area contributed by atoms with E-state index in [1.807, 2.05) is 0 Å². The van der Waals surface area contributed by atoms with Crippen molar-refractivity contribution >= 4 is 0 Å². The summed E-state index contributed by atoms with van der Waals surface area (Å²) in [7, 11) is 0. The fourth-order valence-corrected chi connectivity index (χ4v) is 1.90. The van der Waals surface area contributed by atoms with E-state index in [0.717, 1.165) is 32.8 Å². The Kier molecular flexibility index (Phi) is 4.92. The number of nitrogens with zero attached hydrogens (tertiary/aromatic N) is 1. The highest BCUT2D eigenvalue weighted by atomic mass is 19.1. The monoisotopic (exact) mass is 254 g/mol. The van der Waals surface area contributed by atoms with Crippen LogP contribution in [-0.2, 0) is 11.3 Å². The van der Waals surface area contributed by atoms with E-state index in [1.54, 1.807) is 12.1 Å². The zero-order valence-electron chi connectivity index (χ0n) is 10.4. The van der Waals surface area contributed by atoms with Crippen molar-refractivity contribution in [2.75, 3.05) is 39.5 Å². The van der Waals surface area contributed by atoms with Gasteiger partial charge in [-0.25, -0.2) is 4.39 Å². The van der Waals surface area contributed by atoms with Crippen LogP contribution in [0.15, 0.2) is 18.2 Å². The Morgan fingerprint density at radius 1 is 1.33 bits per heavy atom. The lowest BCUT2D eigenvalue weighted by atomic mass is 10.2. The average molecular weight is 254 g/mol. The molecule has 1 fully saturated rings.